The summed E-state index contributed by atoms with van der Waals surface area (Å²) < 4.78 is 24.6. The largest absolute Gasteiger partial charge is 0.496 e. The highest BCUT2D eigenvalue weighted by atomic mass is 32.1. The van der Waals surface area contributed by atoms with Gasteiger partial charge in [-0.1, -0.05) is 48.5 Å². The molecular weight excluding hydrogens is 1330 g/mol. The number of H-pyrrole nitrogens is 2. The molecule has 2 aliphatic heterocycles. The number of hydrogen-bond donors (Lipinski definition) is 5. The van der Waals surface area contributed by atoms with Crippen LogP contribution < -0.4 is 26.7 Å². The fourth-order valence-electron chi connectivity index (χ4n) is 15.2. The first-order valence-electron chi connectivity index (χ1n) is 34.4. The van der Waals surface area contributed by atoms with Gasteiger partial charge < -0.3 is 55.5 Å². The Kier molecular flexibility index (Phi) is 17.4. The van der Waals surface area contributed by atoms with Crippen LogP contribution in [0.1, 0.15) is 137 Å². The van der Waals surface area contributed by atoms with Gasteiger partial charge >= 0.3 is 0 Å². The van der Waals surface area contributed by atoms with E-state index in [9.17, 15) is 9.59 Å². The van der Waals surface area contributed by atoms with Crippen LogP contribution in [0.5, 0.6) is 11.5 Å². The number of para-hydroxylation sites is 2. The fourth-order valence-corrected chi connectivity index (χ4v) is 16.5. The molecule has 518 valence electrons. The zero-order chi connectivity index (χ0) is 69.9. The number of carbonyl (C=O) groups is 2. The number of imidazole rings is 3. The lowest BCUT2D eigenvalue weighted by Gasteiger charge is -2.31. The van der Waals surface area contributed by atoms with E-state index in [1.807, 2.05) is 105 Å². The number of ether oxygens (including phenoxy) is 2. The summed E-state index contributed by atoms with van der Waals surface area (Å²) in [5.74, 6) is 8.40. The molecule has 1 saturated carbocycles. The zero-order valence-electron chi connectivity index (χ0n) is 57.1. The first kappa shape index (κ1) is 65.2. The highest BCUT2D eigenvalue weighted by molar-refractivity contribution is 7.08. The standard InChI is InChI=1S/C26H26N6O2S.C26H26N6OS.C23H24N8O2/c1-30-19-4-3-5-21(34-2)18(19)14-20(30)22-23-24(27)28-9-12-32(23)25(29-22)16-6-10-31(11-7-16)26(33)17-8-13-35-15-17;1-2-16-4-3-5-18-14-20(29-21(16)18)22-23-24(27)28-9-12-32(23)25(30-22)17-6-10-31(11-7-17)26(33)19-8-13-34-15-19;1-12-27-23(33-30-12)14-8-6-13(7-9-14)22-29-19(20-21(24)25-11-26-31(20)22)16-10-15-4-3-5-17(32-2)18(15)28-16/h3-5,8-9,12-16H,6-7,10-11H2,1-2H3,(H2,27,28);3-5,8-9,12-15,17,29H,2,6-7,10-11H2,1H3,(H2,27,28);3-5,10-11,13-14,28H,6-9H2,1-2H3,(H2,24,25,26). The maximum Gasteiger partial charge on any atom is 0.254 e. The molecule has 0 bridgehead atoms. The van der Waals surface area contributed by atoms with Gasteiger partial charge in [-0.25, -0.2) is 34.4 Å². The van der Waals surface area contributed by atoms with E-state index in [0.717, 1.165) is 189 Å². The van der Waals surface area contributed by atoms with E-state index in [2.05, 4.69) is 103 Å². The van der Waals surface area contributed by atoms with Gasteiger partial charge in [0.1, 0.15) is 80.6 Å². The van der Waals surface area contributed by atoms with Gasteiger partial charge in [-0.2, -0.15) is 32.8 Å². The number of thiophene rings is 2. The summed E-state index contributed by atoms with van der Waals surface area (Å²) in [6.07, 6.45) is 17.0. The number of methoxy groups -OCH3 is 2. The van der Waals surface area contributed by atoms with E-state index in [4.69, 9.17) is 46.1 Å². The van der Waals surface area contributed by atoms with Crippen molar-refractivity contribution in [1.29, 1.82) is 0 Å². The van der Waals surface area contributed by atoms with Crippen LogP contribution in [0.15, 0.2) is 142 Å². The lowest BCUT2D eigenvalue weighted by Crippen LogP contribution is -2.38. The molecule has 14 heterocycles. The van der Waals surface area contributed by atoms with E-state index < -0.39 is 0 Å². The second-order valence-electron chi connectivity index (χ2n) is 26.3. The van der Waals surface area contributed by atoms with Gasteiger partial charge in [0, 0.05) is 114 Å². The molecule has 2 amide bonds. The molecule has 18 rings (SSSR count). The van der Waals surface area contributed by atoms with Crippen molar-refractivity contribution >= 4 is 101 Å². The first-order chi connectivity index (χ1) is 49.8. The molecule has 3 fully saturated rings. The predicted octanol–water partition coefficient (Wildman–Crippen LogP) is 13.7. The van der Waals surface area contributed by atoms with Gasteiger partial charge in [0.15, 0.2) is 11.6 Å². The number of aromatic nitrogens is 15. The summed E-state index contributed by atoms with van der Waals surface area (Å²) in [6, 6.07) is 28.4. The maximum atomic E-state index is 12.8. The summed E-state index contributed by atoms with van der Waals surface area (Å²) in [6.45, 7) is 6.86. The topological polar surface area (TPSA) is 316 Å². The second-order valence-corrected chi connectivity index (χ2v) is 27.9. The van der Waals surface area contributed by atoms with Crippen molar-refractivity contribution in [3.8, 4) is 45.7 Å². The quantitative estimate of drug-likeness (QED) is 0.0759. The second kappa shape index (κ2) is 27.2. The Morgan fingerprint density at radius 3 is 1.72 bits per heavy atom. The number of aryl methyl sites for hydroxylation is 3. The molecule has 2 saturated heterocycles. The van der Waals surface area contributed by atoms with Crippen molar-refractivity contribution in [2.24, 2.45) is 7.05 Å². The number of anilines is 3. The molecule has 25 nitrogen and oxygen atoms in total. The molecule has 15 aromatic rings. The number of nitrogen functional groups attached to an aromatic ring is 3. The van der Waals surface area contributed by atoms with Crippen LogP contribution in [0.25, 0.3) is 83.4 Å². The van der Waals surface area contributed by atoms with Crippen LogP contribution in [0.4, 0.5) is 17.5 Å². The molecule has 3 aromatic carbocycles. The number of piperidine rings is 2. The Labute approximate surface area is 593 Å². The van der Waals surface area contributed by atoms with Crippen molar-refractivity contribution in [2.75, 3.05) is 57.6 Å². The summed E-state index contributed by atoms with van der Waals surface area (Å²) in [5, 5.41) is 19.4. The first-order valence-corrected chi connectivity index (χ1v) is 36.3. The van der Waals surface area contributed by atoms with Crippen molar-refractivity contribution < 1.29 is 23.6 Å². The van der Waals surface area contributed by atoms with Crippen LogP contribution in [0.2, 0.25) is 0 Å². The molecule has 0 spiro atoms. The highest BCUT2D eigenvalue weighted by Gasteiger charge is 2.34. The van der Waals surface area contributed by atoms with Crippen LogP contribution in [-0.2, 0) is 13.5 Å². The highest BCUT2D eigenvalue weighted by Crippen LogP contribution is 2.44. The molecule has 0 radical (unpaired) electrons. The van der Waals surface area contributed by atoms with Gasteiger partial charge in [-0.15, -0.1) is 0 Å². The third kappa shape index (κ3) is 11.8. The van der Waals surface area contributed by atoms with Gasteiger partial charge in [0.05, 0.1) is 53.5 Å². The maximum absolute atomic E-state index is 12.8. The predicted molar refractivity (Wildman–Crippen MR) is 396 cm³/mol. The monoisotopic (exact) mass is 1400 g/mol. The average Bonchev–Trinajstić information content (AvgIpc) is 1.60. The van der Waals surface area contributed by atoms with Crippen LogP contribution in [0.3, 0.4) is 0 Å². The number of benzene rings is 3. The number of nitrogens with one attached hydrogen (secondary N) is 2. The van der Waals surface area contributed by atoms with Gasteiger partial charge in [-0.05, 0) is 130 Å². The molecule has 0 unspecified atom stereocenters. The van der Waals surface area contributed by atoms with Crippen LogP contribution >= 0.6 is 22.7 Å². The SMILES string of the molecule is CCc1cccc2cc(-c3nc(C4CCN(C(=O)c5ccsc5)CC4)n4ccnc(N)c34)[nH]c12.COc1cccc2c1cc(-c1nc(C3CCN(C(=O)c4ccsc4)CC3)n3ccnc(N)c13)n2C.COc1cccc2cc(-c3nc(C4CCC(c5nc(C)no5)CC4)n4ncnc(N)c34)[nH]c12. The molecule has 12 aromatic heterocycles. The molecular formula is C75H76N20O5S2. The summed E-state index contributed by atoms with van der Waals surface area (Å²) in [5.41, 5.74) is 32.5. The normalized spacial score (nSPS) is 16.1. The number of rotatable bonds is 12. The van der Waals surface area contributed by atoms with E-state index in [1.165, 1.54) is 17.3 Å². The molecule has 102 heavy (non-hydrogen) atoms. The third-order valence-corrected chi connectivity index (χ3v) is 21.9. The van der Waals surface area contributed by atoms with Crippen molar-refractivity contribution in [3.05, 3.63) is 183 Å². The van der Waals surface area contributed by atoms with Gasteiger partial charge in [0.25, 0.3) is 11.8 Å². The average molecular weight is 1400 g/mol. The summed E-state index contributed by atoms with van der Waals surface area (Å²) in [7, 11) is 5.38. The number of fused-ring (bicyclic) bond motifs is 6. The number of amides is 2. The van der Waals surface area contributed by atoms with E-state index in [1.54, 1.807) is 49.3 Å². The number of hydrogen-bond acceptors (Lipinski definition) is 19. The summed E-state index contributed by atoms with van der Waals surface area (Å²) in [4.78, 5) is 69.2. The van der Waals surface area contributed by atoms with Crippen LogP contribution in [-0.4, -0.2) is 135 Å². The molecule has 3 aliphatic rings. The van der Waals surface area contributed by atoms with Crippen molar-refractivity contribution in [3.63, 3.8) is 0 Å². The van der Waals surface area contributed by atoms with E-state index in [0.29, 0.717) is 41.9 Å². The minimum absolute atomic E-state index is 0.108. The van der Waals surface area contributed by atoms with Crippen molar-refractivity contribution in [2.45, 2.75) is 95.3 Å². The third-order valence-electron chi connectivity index (χ3n) is 20.5. The van der Waals surface area contributed by atoms with Gasteiger partial charge in [-0.3, -0.25) is 18.4 Å². The number of aromatic amines is 2. The Morgan fingerprint density at radius 2 is 1.13 bits per heavy atom. The van der Waals surface area contributed by atoms with E-state index >= 15 is 0 Å². The minimum atomic E-state index is 0.108. The molecule has 8 N–H and O–H groups in total. The minimum Gasteiger partial charge on any atom is -0.496 e. The molecule has 0 atom stereocenters. The molecule has 27 heteroatoms. The number of likely N-dealkylation sites (tertiary alicyclic amines) is 2. The summed E-state index contributed by atoms with van der Waals surface area (Å²) >= 11 is 3.10. The van der Waals surface area contributed by atoms with Crippen LogP contribution in [0, 0.1) is 6.92 Å². The van der Waals surface area contributed by atoms with Gasteiger partial charge in [0.2, 0.25) is 5.89 Å². The fraction of sp³-hybridized carbons (Fsp3) is 0.293. The Morgan fingerprint density at radius 1 is 0.598 bits per heavy atom. The van der Waals surface area contributed by atoms with E-state index in [-0.39, 0.29) is 35.5 Å². The Balaban J connectivity index is 0.000000118. The molecule has 1 aliphatic carbocycles. The number of nitrogens with zero attached hydrogens (tertiary/aromatic N) is 15. The Bertz CT molecular complexity index is 5580. The smallest absolute Gasteiger partial charge is 0.254 e. The lowest BCUT2D eigenvalue weighted by atomic mass is 9.81. The Hall–Kier alpha value is -11.5. The number of nitrogens with two attached hydrogens (primary N) is 3. The van der Waals surface area contributed by atoms with Crippen molar-refractivity contribution in [1.82, 2.24) is 82.8 Å². The zero-order valence-corrected chi connectivity index (χ0v) is 58.7. The number of carbonyl (C=O) groups excluding carboxylic acids is 2. The lowest BCUT2D eigenvalue weighted by molar-refractivity contribution is 0.0704.